The minimum absolute atomic E-state index is 0.808. The van der Waals surface area contributed by atoms with Crippen molar-refractivity contribution in [1.82, 2.24) is 20.0 Å². The highest BCUT2D eigenvalue weighted by Gasteiger charge is 2.01. The summed E-state index contributed by atoms with van der Waals surface area (Å²) >= 11 is 0. The summed E-state index contributed by atoms with van der Waals surface area (Å²) in [5.74, 6) is 0. The number of hydrogen-bond acceptors (Lipinski definition) is 3. The molecular formula is C11H16N4. The fourth-order valence-corrected chi connectivity index (χ4v) is 1.08. The van der Waals surface area contributed by atoms with E-state index >= 15 is 0 Å². The first-order chi connectivity index (χ1) is 7.25. The molecule has 0 spiro atoms. The molecule has 0 atom stereocenters. The van der Waals surface area contributed by atoms with Crippen LogP contribution >= 0.6 is 0 Å². The Morgan fingerprint density at radius 2 is 1.87 bits per heavy atom. The van der Waals surface area contributed by atoms with Gasteiger partial charge in [-0.1, -0.05) is 25.1 Å². The average Bonchev–Trinajstić information content (AvgIpc) is 2.69. The molecule has 4 nitrogen and oxygen atoms in total. The van der Waals surface area contributed by atoms with E-state index in [9.17, 15) is 0 Å². The molecule has 0 amide bonds. The topological polar surface area (TPSA) is 43.6 Å². The van der Waals surface area contributed by atoms with Crippen LogP contribution in [0.5, 0.6) is 0 Å². The van der Waals surface area contributed by atoms with E-state index in [0.717, 1.165) is 17.0 Å². The van der Waals surface area contributed by atoms with E-state index in [2.05, 4.69) is 15.3 Å². The number of pyridine rings is 1. The van der Waals surface area contributed by atoms with Gasteiger partial charge in [-0.05, 0) is 18.6 Å². The SMILES string of the molecule is CC.Cc1ccc(-c2cn(C)nn2)nc1. The standard InChI is InChI=1S/C9H10N4.C2H6/c1-7-3-4-8(10-5-7)9-6-13(2)12-11-9;1-2/h3-6H,1-2H3;1-2H3. The molecule has 4 heteroatoms. The van der Waals surface area contributed by atoms with E-state index in [1.54, 1.807) is 4.68 Å². The van der Waals surface area contributed by atoms with Crippen molar-refractivity contribution in [1.29, 1.82) is 0 Å². The van der Waals surface area contributed by atoms with Gasteiger partial charge >= 0.3 is 0 Å². The van der Waals surface area contributed by atoms with Gasteiger partial charge in [0.25, 0.3) is 0 Å². The lowest BCUT2D eigenvalue weighted by Gasteiger charge is -1.94. The lowest BCUT2D eigenvalue weighted by molar-refractivity contribution is 0.715. The third-order valence-corrected chi connectivity index (χ3v) is 1.78. The monoisotopic (exact) mass is 204 g/mol. The van der Waals surface area contributed by atoms with Crippen LogP contribution in [0.1, 0.15) is 19.4 Å². The summed E-state index contributed by atoms with van der Waals surface area (Å²) in [5.41, 5.74) is 2.81. The molecule has 0 aromatic carbocycles. The smallest absolute Gasteiger partial charge is 0.131 e. The van der Waals surface area contributed by atoms with Crippen molar-refractivity contribution in [3.8, 4) is 11.4 Å². The van der Waals surface area contributed by atoms with Crippen LogP contribution < -0.4 is 0 Å². The molecule has 2 aromatic rings. The minimum atomic E-state index is 0.808. The van der Waals surface area contributed by atoms with Crippen molar-refractivity contribution in [2.75, 3.05) is 0 Å². The third kappa shape index (κ3) is 2.87. The molecule has 0 aliphatic carbocycles. The first-order valence-electron chi connectivity index (χ1n) is 5.05. The van der Waals surface area contributed by atoms with Gasteiger partial charge in [0.05, 0.1) is 11.9 Å². The van der Waals surface area contributed by atoms with E-state index in [1.807, 2.05) is 52.3 Å². The van der Waals surface area contributed by atoms with E-state index in [4.69, 9.17) is 0 Å². The predicted molar refractivity (Wildman–Crippen MR) is 60.3 cm³/mol. The minimum Gasteiger partial charge on any atom is -0.255 e. The molecular weight excluding hydrogens is 188 g/mol. The largest absolute Gasteiger partial charge is 0.255 e. The normalized spacial score (nSPS) is 9.33. The molecule has 0 aliphatic rings. The summed E-state index contributed by atoms with van der Waals surface area (Å²) in [6, 6.07) is 3.95. The first-order valence-corrected chi connectivity index (χ1v) is 5.05. The second-order valence-corrected chi connectivity index (χ2v) is 3.00. The highest BCUT2D eigenvalue weighted by atomic mass is 15.4. The van der Waals surface area contributed by atoms with E-state index in [1.165, 1.54) is 0 Å². The number of aromatic nitrogens is 4. The molecule has 0 fully saturated rings. The summed E-state index contributed by atoms with van der Waals surface area (Å²) in [4.78, 5) is 4.25. The quantitative estimate of drug-likeness (QED) is 0.715. The Morgan fingerprint density at radius 3 is 2.33 bits per heavy atom. The van der Waals surface area contributed by atoms with Gasteiger partial charge in [0, 0.05) is 13.2 Å². The van der Waals surface area contributed by atoms with Gasteiger partial charge in [0.2, 0.25) is 0 Å². The molecule has 0 aliphatic heterocycles. The molecule has 15 heavy (non-hydrogen) atoms. The molecule has 0 unspecified atom stereocenters. The summed E-state index contributed by atoms with van der Waals surface area (Å²) in [5, 5.41) is 7.81. The maximum atomic E-state index is 4.25. The second-order valence-electron chi connectivity index (χ2n) is 3.00. The lowest BCUT2D eigenvalue weighted by atomic mass is 10.2. The van der Waals surface area contributed by atoms with Gasteiger partial charge in [0.1, 0.15) is 5.69 Å². The highest BCUT2D eigenvalue weighted by molar-refractivity contribution is 5.51. The molecule has 0 N–H and O–H groups in total. The zero-order valence-corrected chi connectivity index (χ0v) is 9.60. The third-order valence-electron chi connectivity index (χ3n) is 1.78. The van der Waals surface area contributed by atoms with Crippen molar-refractivity contribution in [2.45, 2.75) is 20.8 Å². The fraction of sp³-hybridized carbons (Fsp3) is 0.364. The van der Waals surface area contributed by atoms with Crippen LogP contribution in [0.15, 0.2) is 24.5 Å². The van der Waals surface area contributed by atoms with Crippen molar-refractivity contribution in [3.63, 3.8) is 0 Å². The Hall–Kier alpha value is -1.71. The van der Waals surface area contributed by atoms with Crippen molar-refractivity contribution in [2.24, 2.45) is 7.05 Å². The number of rotatable bonds is 1. The van der Waals surface area contributed by atoms with E-state index in [0.29, 0.717) is 0 Å². The average molecular weight is 204 g/mol. The molecule has 0 bridgehead atoms. The van der Waals surface area contributed by atoms with Crippen molar-refractivity contribution < 1.29 is 0 Å². The van der Waals surface area contributed by atoms with Crippen LogP contribution in [0, 0.1) is 6.92 Å². The molecule has 80 valence electrons. The van der Waals surface area contributed by atoms with Crippen LogP contribution in [-0.4, -0.2) is 20.0 Å². The van der Waals surface area contributed by atoms with Crippen LogP contribution in [0.2, 0.25) is 0 Å². The molecule has 2 heterocycles. The summed E-state index contributed by atoms with van der Waals surface area (Å²) in [6.45, 7) is 6.01. The van der Waals surface area contributed by atoms with Gasteiger partial charge in [-0.3, -0.25) is 9.67 Å². The molecule has 0 radical (unpaired) electrons. The van der Waals surface area contributed by atoms with Gasteiger partial charge < -0.3 is 0 Å². The predicted octanol–water partition coefficient (Wildman–Crippen LogP) is 2.21. The van der Waals surface area contributed by atoms with Gasteiger partial charge in [-0.25, -0.2) is 0 Å². The second kappa shape index (κ2) is 5.24. The Balaban J connectivity index is 0.000000531. The Bertz CT molecular complexity index is 403. The number of aryl methyl sites for hydroxylation is 2. The zero-order valence-electron chi connectivity index (χ0n) is 9.60. The lowest BCUT2D eigenvalue weighted by Crippen LogP contribution is -1.85. The number of nitrogens with zero attached hydrogens (tertiary/aromatic N) is 4. The maximum Gasteiger partial charge on any atom is 0.131 e. The first kappa shape index (κ1) is 11.4. The Morgan fingerprint density at radius 1 is 1.13 bits per heavy atom. The zero-order chi connectivity index (χ0) is 11.3. The maximum absolute atomic E-state index is 4.25. The Kier molecular flexibility index (Phi) is 3.97. The van der Waals surface area contributed by atoms with Crippen LogP contribution in [0.4, 0.5) is 0 Å². The summed E-state index contributed by atoms with van der Waals surface area (Å²) in [6.07, 6.45) is 3.67. The molecule has 2 aromatic heterocycles. The van der Waals surface area contributed by atoms with Crippen LogP contribution in [0.25, 0.3) is 11.4 Å². The highest BCUT2D eigenvalue weighted by Crippen LogP contribution is 2.12. The summed E-state index contributed by atoms with van der Waals surface area (Å²) in [7, 11) is 1.84. The van der Waals surface area contributed by atoms with E-state index < -0.39 is 0 Å². The number of hydrogen-bond donors (Lipinski definition) is 0. The molecule has 0 saturated heterocycles. The Labute approximate surface area is 90.0 Å². The van der Waals surface area contributed by atoms with Gasteiger partial charge in [-0.15, -0.1) is 5.10 Å². The van der Waals surface area contributed by atoms with Crippen molar-refractivity contribution in [3.05, 3.63) is 30.1 Å². The van der Waals surface area contributed by atoms with Crippen LogP contribution in [-0.2, 0) is 7.05 Å². The van der Waals surface area contributed by atoms with Gasteiger partial charge in [-0.2, -0.15) is 0 Å². The van der Waals surface area contributed by atoms with Gasteiger partial charge in [0.15, 0.2) is 0 Å². The van der Waals surface area contributed by atoms with E-state index in [-0.39, 0.29) is 0 Å². The molecule has 2 rings (SSSR count). The fourth-order valence-electron chi connectivity index (χ4n) is 1.08. The van der Waals surface area contributed by atoms with Crippen LogP contribution in [0.3, 0.4) is 0 Å². The summed E-state index contributed by atoms with van der Waals surface area (Å²) < 4.78 is 1.66. The molecule has 0 saturated carbocycles. The van der Waals surface area contributed by atoms with Crippen molar-refractivity contribution >= 4 is 0 Å².